The highest BCUT2D eigenvalue weighted by atomic mass is 35.5. The molecule has 0 saturated carbocycles. The number of halogens is 2. The van der Waals surface area contributed by atoms with Gasteiger partial charge < -0.3 is 10.6 Å². The third kappa shape index (κ3) is 3.86. The highest BCUT2D eigenvalue weighted by Crippen LogP contribution is 2.30. The first-order chi connectivity index (χ1) is 11.0. The van der Waals surface area contributed by atoms with E-state index in [0.29, 0.717) is 21.7 Å². The third-order valence-electron chi connectivity index (χ3n) is 4.01. The molecule has 0 radical (unpaired) electrons. The maximum atomic E-state index is 12.4. The molecule has 2 atom stereocenters. The van der Waals surface area contributed by atoms with Crippen LogP contribution in [0.15, 0.2) is 23.6 Å². The maximum Gasteiger partial charge on any atom is 0.271 e. The van der Waals surface area contributed by atoms with Crippen molar-refractivity contribution in [1.29, 1.82) is 0 Å². The van der Waals surface area contributed by atoms with Crippen molar-refractivity contribution in [3.63, 3.8) is 0 Å². The van der Waals surface area contributed by atoms with Crippen LogP contribution >= 0.6 is 34.5 Å². The standard InChI is InChI=1S/C16H17Cl2N3OS/c1-9-7-19-5-4-13(9)20-15(22)14-8-23-16(21-14)10-2-3-11(17)12(18)6-10/h2-3,6,8-9,13,19H,4-5,7H2,1H3,(H,20,22). The van der Waals surface area contributed by atoms with Gasteiger partial charge in [-0.2, -0.15) is 0 Å². The van der Waals surface area contributed by atoms with E-state index in [1.807, 2.05) is 6.07 Å². The number of aromatic nitrogens is 1. The highest BCUT2D eigenvalue weighted by molar-refractivity contribution is 7.13. The summed E-state index contributed by atoms with van der Waals surface area (Å²) in [6, 6.07) is 5.54. The second kappa shape index (κ2) is 7.18. The average Bonchev–Trinajstić information content (AvgIpc) is 3.02. The van der Waals surface area contributed by atoms with E-state index in [1.165, 1.54) is 11.3 Å². The molecule has 122 valence electrons. The minimum Gasteiger partial charge on any atom is -0.348 e. The molecule has 2 unspecified atom stereocenters. The number of carbonyl (C=O) groups excluding carboxylic acids is 1. The molecule has 2 heterocycles. The predicted octanol–water partition coefficient (Wildman–Crippen LogP) is 3.84. The van der Waals surface area contributed by atoms with Crippen LogP contribution in [0.25, 0.3) is 10.6 Å². The second-order valence-corrected chi connectivity index (χ2v) is 7.39. The fraction of sp³-hybridized carbons (Fsp3) is 0.375. The Morgan fingerprint density at radius 1 is 1.39 bits per heavy atom. The zero-order chi connectivity index (χ0) is 16.4. The molecule has 1 aromatic carbocycles. The Morgan fingerprint density at radius 2 is 2.22 bits per heavy atom. The van der Waals surface area contributed by atoms with Crippen LogP contribution in [0.2, 0.25) is 10.0 Å². The molecule has 0 spiro atoms. The first-order valence-corrected chi connectivity index (χ1v) is 9.10. The van der Waals surface area contributed by atoms with E-state index >= 15 is 0 Å². The van der Waals surface area contributed by atoms with Crippen molar-refractivity contribution in [2.24, 2.45) is 5.92 Å². The fourth-order valence-electron chi connectivity index (χ4n) is 2.61. The molecule has 2 N–H and O–H groups in total. The van der Waals surface area contributed by atoms with E-state index in [1.54, 1.807) is 17.5 Å². The van der Waals surface area contributed by atoms with Crippen LogP contribution < -0.4 is 10.6 Å². The topological polar surface area (TPSA) is 54.0 Å². The van der Waals surface area contributed by atoms with E-state index < -0.39 is 0 Å². The van der Waals surface area contributed by atoms with Crippen molar-refractivity contribution in [3.8, 4) is 10.6 Å². The van der Waals surface area contributed by atoms with Gasteiger partial charge in [0, 0.05) is 17.0 Å². The lowest BCUT2D eigenvalue weighted by molar-refractivity contribution is 0.0910. The molecule has 3 rings (SSSR count). The lowest BCUT2D eigenvalue weighted by Crippen LogP contribution is -2.48. The Balaban J connectivity index is 1.73. The molecule has 2 aromatic rings. The van der Waals surface area contributed by atoms with E-state index in [4.69, 9.17) is 23.2 Å². The molecule has 23 heavy (non-hydrogen) atoms. The van der Waals surface area contributed by atoms with Gasteiger partial charge in [-0.1, -0.05) is 36.2 Å². The van der Waals surface area contributed by atoms with E-state index in [0.717, 1.165) is 30.1 Å². The Bertz CT molecular complexity index is 719. The van der Waals surface area contributed by atoms with Crippen LogP contribution in [-0.2, 0) is 0 Å². The zero-order valence-electron chi connectivity index (χ0n) is 12.6. The molecular weight excluding hydrogens is 353 g/mol. The number of rotatable bonds is 3. The van der Waals surface area contributed by atoms with Crippen molar-refractivity contribution in [3.05, 3.63) is 39.3 Å². The number of nitrogens with one attached hydrogen (secondary N) is 2. The van der Waals surface area contributed by atoms with Crippen LogP contribution in [-0.4, -0.2) is 30.0 Å². The summed E-state index contributed by atoms with van der Waals surface area (Å²) in [5.74, 6) is 0.298. The first kappa shape index (κ1) is 16.7. The minimum atomic E-state index is -0.119. The van der Waals surface area contributed by atoms with Gasteiger partial charge in [0.1, 0.15) is 10.7 Å². The van der Waals surface area contributed by atoms with Crippen LogP contribution in [0.4, 0.5) is 0 Å². The van der Waals surface area contributed by atoms with Gasteiger partial charge in [0.05, 0.1) is 10.0 Å². The number of nitrogens with zero attached hydrogens (tertiary/aromatic N) is 1. The van der Waals surface area contributed by atoms with Crippen molar-refractivity contribution < 1.29 is 4.79 Å². The van der Waals surface area contributed by atoms with Gasteiger partial charge in [-0.15, -0.1) is 11.3 Å². The molecule has 0 aliphatic carbocycles. The highest BCUT2D eigenvalue weighted by Gasteiger charge is 2.24. The first-order valence-electron chi connectivity index (χ1n) is 7.47. The summed E-state index contributed by atoms with van der Waals surface area (Å²) in [5.41, 5.74) is 1.31. The molecule has 1 aliphatic heterocycles. The van der Waals surface area contributed by atoms with Gasteiger partial charge in [0.2, 0.25) is 0 Å². The summed E-state index contributed by atoms with van der Waals surface area (Å²) < 4.78 is 0. The molecular formula is C16H17Cl2N3OS. The van der Waals surface area contributed by atoms with Crippen LogP contribution in [0.1, 0.15) is 23.8 Å². The number of hydrogen-bond acceptors (Lipinski definition) is 4. The lowest BCUT2D eigenvalue weighted by atomic mass is 9.95. The number of piperidine rings is 1. The Hall–Kier alpha value is -1.14. The number of amides is 1. The van der Waals surface area contributed by atoms with Crippen molar-refractivity contribution in [2.75, 3.05) is 13.1 Å². The van der Waals surface area contributed by atoms with Crippen LogP contribution in [0.3, 0.4) is 0 Å². The molecule has 1 aromatic heterocycles. The molecule has 1 amide bonds. The molecule has 4 nitrogen and oxygen atoms in total. The van der Waals surface area contributed by atoms with Gasteiger partial charge in [-0.25, -0.2) is 4.98 Å². The van der Waals surface area contributed by atoms with Gasteiger partial charge in [-0.3, -0.25) is 4.79 Å². The van der Waals surface area contributed by atoms with E-state index in [-0.39, 0.29) is 11.9 Å². The van der Waals surface area contributed by atoms with Crippen LogP contribution in [0, 0.1) is 5.92 Å². The van der Waals surface area contributed by atoms with Crippen molar-refractivity contribution >= 4 is 40.4 Å². The quantitative estimate of drug-likeness (QED) is 0.863. The van der Waals surface area contributed by atoms with Crippen molar-refractivity contribution in [2.45, 2.75) is 19.4 Å². The summed E-state index contributed by atoms with van der Waals surface area (Å²) in [7, 11) is 0. The molecule has 1 fully saturated rings. The Labute approximate surface area is 149 Å². The normalized spacial score (nSPS) is 21.2. The number of carbonyl (C=O) groups is 1. The second-order valence-electron chi connectivity index (χ2n) is 5.72. The zero-order valence-corrected chi connectivity index (χ0v) is 14.9. The summed E-state index contributed by atoms with van der Waals surface area (Å²) in [5, 5.41) is 9.93. The maximum absolute atomic E-state index is 12.4. The number of thiazole rings is 1. The average molecular weight is 370 g/mol. The summed E-state index contributed by atoms with van der Waals surface area (Å²) in [6.45, 7) is 4.00. The summed E-state index contributed by atoms with van der Waals surface area (Å²) in [6.07, 6.45) is 0.941. The molecule has 1 aliphatic rings. The third-order valence-corrected chi connectivity index (χ3v) is 5.64. The van der Waals surface area contributed by atoms with Crippen molar-refractivity contribution in [1.82, 2.24) is 15.6 Å². The van der Waals surface area contributed by atoms with Gasteiger partial charge >= 0.3 is 0 Å². The van der Waals surface area contributed by atoms with E-state index in [9.17, 15) is 4.79 Å². The number of hydrogen-bond donors (Lipinski definition) is 2. The van der Waals surface area contributed by atoms with E-state index in [2.05, 4.69) is 22.5 Å². The lowest BCUT2D eigenvalue weighted by Gasteiger charge is -2.29. The smallest absolute Gasteiger partial charge is 0.271 e. The van der Waals surface area contributed by atoms with Gasteiger partial charge in [0.15, 0.2) is 0 Å². The van der Waals surface area contributed by atoms with Crippen LogP contribution in [0.5, 0.6) is 0 Å². The summed E-state index contributed by atoms with van der Waals surface area (Å²) in [4.78, 5) is 16.8. The van der Waals surface area contributed by atoms with Gasteiger partial charge in [-0.05, 0) is 37.6 Å². The number of benzene rings is 1. The SMILES string of the molecule is CC1CNCCC1NC(=O)c1csc(-c2ccc(Cl)c(Cl)c2)n1. The molecule has 1 saturated heterocycles. The molecule has 7 heteroatoms. The molecule has 0 bridgehead atoms. The predicted molar refractivity (Wildman–Crippen MR) is 95.5 cm³/mol. The monoisotopic (exact) mass is 369 g/mol. The largest absolute Gasteiger partial charge is 0.348 e. The summed E-state index contributed by atoms with van der Waals surface area (Å²) >= 11 is 13.4. The fourth-order valence-corrected chi connectivity index (χ4v) is 3.71. The Kier molecular flexibility index (Phi) is 5.21. The Morgan fingerprint density at radius 3 is 2.96 bits per heavy atom. The minimum absolute atomic E-state index is 0.119. The van der Waals surface area contributed by atoms with Gasteiger partial charge in [0.25, 0.3) is 5.91 Å².